The minimum Gasteiger partial charge on any atom is -0.491 e. The molecule has 0 saturated carbocycles. The van der Waals surface area contributed by atoms with E-state index >= 15 is 0 Å². The zero-order chi connectivity index (χ0) is 21.8. The van der Waals surface area contributed by atoms with Gasteiger partial charge in [-0.15, -0.1) is 0 Å². The second kappa shape index (κ2) is 9.43. The van der Waals surface area contributed by atoms with E-state index in [2.05, 4.69) is 0 Å². The van der Waals surface area contributed by atoms with Crippen LogP contribution >= 0.6 is 0 Å². The van der Waals surface area contributed by atoms with Gasteiger partial charge in [0.1, 0.15) is 24.0 Å². The van der Waals surface area contributed by atoms with Crippen molar-refractivity contribution in [2.45, 2.75) is 18.9 Å². The van der Waals surface area contributed by atoms with E-state index in [9.17, 15) is 18.4 Å². The molecule has 6 nitrogen and oxygen atoms in total. The third kappa shape index (κ3) is 4.85. The molecule has 2 aromatic carbocycles. The Hall–Kier alpha value is -3.00. The highest BCUT2D eigenvalue weighted by Crippen LogP contribution is 2.23. The number of halogens is 2. The molecule has 8 heteroatoms. The standard InChI is InChI=1S/C23H24F2N2O4/c24-17-5-8-20(21(25)14-17)23(29)27-9-1-2-18(27)15-31-19-6-3-16(4-7-19)22(28)26-10-12-30-13-11-26/h3-8,14,18H,1-2,9-13,15H2. The van der Waals surface area contributed by atoms with Crippen LogP contribution in [-0.2, 0) is 4.74 Å². The number of rotatable bonds is 5. The lowest BCUT2D eigenvalue weighted by Gasteiger charge is -2.27. The highest BCUT2D eigenvalue weighted by Gasteiger charge is 2.31. The quantitative estimate of drug-likeness (QED) is 0.732. The Morgan fingerprint density at radius 1 is 1.00 bits per heavy atom. The van der Waals surface area contributed by atoms with E-state index in [1.807, 2.05) is 0 Å². The van der Waals surface area contributed by atoms with Crippen LogP contribution in [0, 0.1) is 11.6 Å². The summed E-state index contributed by atoms with van der Waals surface area (Å²) in [6.07, 6.45) is 1.53. The molecule has 2 heterocycles. The molecule has 2 aromatic rings. The zero-order valence-electron chi connectivity index (χ0n) is 17.1. The number of hydrogen-bond donors (Lipinski definition) is 0. The average Bonchev–Trinajstić information content (AvgIpc) is 3.26. The van der Waals surface area contributed by atoms with Gasteiger partial charge in [-0.05, 0) is 49.2 Å². The first-order valence-electron chi connectivity index (χ1n) is 10.4. The van der Waals surface area contributed by atoms with Crippen LogP contribution in [0.4, 0.5) is 8.78 Å². The first kappa shape index (κ1) is 21.2. The normalized spacial score (nSPS) is 18.8. The molecule has 0 aromatic heterocycles. The molecule has 2 aliphatic heterocycles. The SMILES string of the molecule is O=C(c1ccc(OCC2CCCN2C(=O)c2ccc(F)cc2F)cc1)N1CCOCC1. The van der Waals surface area contributed by atoms with Crippen LogP contribution in [-0.4, -0.2) is 67.1 Å². The molecule has 31 heavy (non-hydrogen) atoms. The first-order valence-corrected chi connectivity index (χ1v) is 10.4. The number of carbonyl (C=O) groups excluding carboxylic acids is 2. The van der Waals surface area contributed by atoms with Gasteiger partial charge >= 0.3 is 0 Å². The number of likely N-dealkylation sites (tertiary alicyclic amines) is 1. The number of benzene rings is 2. The van der Waals surface area contributed by atoms with Crippen LogP contribution in [0.15, 0.2) is 42.5 Å². The summed E-state index contributed by atoms with van der Waals surface area (Å²) in [6, 6.07) is 9.67. The minimum absolute atomic E-state index is 0.0382. The van der Waals surface area contributed by atoms with Crippen molar-refractivity contribution in [3.05, 3.63) is 65.2 Å². The number of amides is 2. The first-order chi connectivity index (χ1) is 15.0. The van der Waals surface area contributed by atoms with Crippen LogP contribution < -0.4 is 4.74 Å². The van der Waals surface area contributed by atoms with Crippen molar-refractivity contribution in [2.24, 2.45) is 0 Å². The second-order valence-corrected chi connectivity index (χ2v) is 7.66. The van der Waals surface area contributed by atoms with Crippen LogP contribution in [0.1, 0.15) is 33.6 Å². The molecule has 0 aliphatic carbocycles. The van der Waals surface area contributed by atoms with Crippen molar-refractivity contribution in [1.82, 2.24) is 9.80 Å². The monoisotopic (exact) mass is 430 g/mol. The maximum atomic E-state index is 14.0. The van der Waals surface area contributed by atoms with Gasteiger partial charge in [0.15, 0.2) is 0 Å². The molecule has 2 fully saturated rings. The lowest BCUT2D eigenvalue weighted by Crippen LogP contribution is -2.40. The third-order valence-electron chi connectivity index (χ3n) is 5.64. The Kier molecular flexibility index (Phi) is 6.46. The fraction of sp³-hybridized carbons (Fsp3) is 0.391. The van der Waals surface area contributed by atoms with Crippen LogP contribution in [0.2, 0.25) is 0 Å². The fourth-order valence-electron chi connectivity index (χ4n) is 3.93. The van der Waals surface area contributed by atoms with E-state index in [0.717, 1.165) is 18.9 Å². The topological polar surface area (TPSA) is 59.1 Å². The smallest absolute Gasteiger partial charge is 0.257 e. The Balaban J connectivity index is 1.36. The summed E-state index contributed by atoms with van der Waals surface area (Å²) in [4.78, 5) is 28.6. The van der Waals surface area contributed by atoms with Crippen molar-refractivity contribution in [2.75, 3.05) is 39.5 Å². The number of nitrogens with zero attached hydrogens (tertiary/aromatic N) is 2. The van der Waals surface area contributed by atoms with E-state index in [1.165, 1.54) is 6.07 Å². The predicted octanol–water partition coefficient (Wildman–Crippen LogP) is 3.12. The van der Waals surface area contributed by atoms with Gasteiger partial charge in [-0.1, -0.05) is 0 Å². The molecule has 1 unspecified atom stereocenters. The maximum absolute atomic E-state index is 14.0. The average molecular weight is 430 g/mol. The van der Waals surface area contributed by atoms with E-state index in [-0.39, 0.29) is 24.1 Å². The molecule has 2 aliphatic rings. The molecule has 0 bridgehead atoms. The van der Waals surface area contributed by atoms with Crippen molar-refractivity contribution >= 4 is 11.8 Å². The molecule has 0 N–H and O–H groups in total. The number of morpholine rings is 1. The van der Waals surface area contributed by atoms with Crippen molar-refractivity contribution < 1.29 is 27.8 Å². The van der Waals surface area contributed by atoms with E-state index in [0.29, 0.717) is 50.2 Å². The molecule has 2 saturated heterocycles. The summed E-state index contributed by atoms with van der Waals surface area (Å²) in [6.45, 7) is 3.01. The molecule has 0 radical (unpaired) electrons. The fourth-order valence-corrected chi connectivity index (χ4v) is 3.93. The van der Waals surface area contributed by atoms with Gasteiger partial charge in [-0.25, -0.2) is 8.78 Å². The van der Waals surface area contributed by atoms with Gasteiger partial charge in [0, 0.05) is 31.3 Å². The Labute approximate surface area is 179 Å². The van der Waals surface area contributed by atoms with Crippen molar-refractivity contribution in [1.29, 1.82) is 0 Å². The van der Waals surface area contributed by atoms with E-state index in [4.69, 9.17) is 9.47 Å². The summed E-state index contributed by atoms with van der Waals surface area (Å²) in [7, 11) is 0. The predicted molar refractivity (Wildman–Crippen MR) is 109 cm³/mol. The molecule has 164 valence electrons. The molecule has 1 atom stereocenters. The van der Waals surface area contributed by atoms with Crippen molar-refractivity contribution in [3.63, 3.8) is 0 Å². The molecular formula is C23H24F2N2O4. The second-order valence-electron chi connectivity index (χ2n) is 7.66. The summed E-state index contributed by atoms with van der Waals surface area (Å²) in [5.41, 5.74) is 0.443. The highest BCUT2D eigenvalue weighted by molar-refractivity contribution is 5.95. The molecular weight excluding hydrogens is 406 g/mol. The van der Waals surface area contributed by atoms with Gasteiger partial charge in [0.2, 0.25) is 0 Å². The van der Waals surface area contributed by atoms with E-state index < -0.39 is 17.5 Å². The minimum atomic E-state index is -0.864. The molecule has 4 rings (SSSR count). The largest absolute Gasteiger partial charge is 0.491 e. The van der Waals surface area contributed by atoms with Gasteiger partial charge in [0.25, 0.3) is 11.8 Å². The lowest BCUT2D eigenvalue weighted by molar-refractivity contribution is 0.0303. The Morgan fingerprint density at radius 3 is 2.45 bits per heavy atom. The van der Waals surface area contributed by atoms with Gasteiger partial charge < -0.3 is 19.3 Å². The lowest BCUT2D eigenvalue weighted by atomic mass is 10.1. The number of ether oxygens (including phenoxy) is 2. The van der Waals surface area contributed by atoms with Crippen molar-refractivity contribution in [3.8, 4) is 5.75 Å². The zero-order valence-corrected chi connectivity index (χ0v) is 17.1. The summed E-state index contributed by atoms with van der Waals surface area (Å²) in [5, 5.41) is 0. The molecule has 2 amide bonds. The summed E-state index contributed by atoms with van der Waals surface area (Å²) < 4.78 is 38.3. The van der Waals surface area contributed by atoms with Gasteiger partial charge in [0.05, 0.1) is 24.8 Å². The maximum Gasteiger partial charge on any atom is 0.257 e. The van der Waals surface area contributed by atoms with Crippen LogP contribution in [0.5, 0.6) is 5.75 Å². The number of carbonyl (C=O) groups is 2. The Morgan fingerprint density at radius 2 is 1.74 bits per heavy atom. The van der Waals surface area contributed by atoms with Crippen LogP contribution in [0.25, 0.3) is 0 Å². The van der Waals surface area contributed by atoms with Gasteiger partial charge in [-0.3, -0.25) is 9.59 Å². The summed E-state index contributed by atoms with van der Waals surface area (Å²) in [5.74, 6) is -1.49. The van der Waals surface area contributed by atoms with Crippen LogP contribution in [0.3, 0.4) is 0 Å². The van der Waals surface area contributed by atoms with E-state index in [1.54, 1.807) is 34.1 Å². The number of hydrogen-bond acceptors (Lipinski definition) is 4. The summed E-state index contributed by atoms with van der Waals surface area (Å²) >= 11 is 0. The third-order valence-corrected chi connectivity index (χ3v) is 5.64. The molecule has 0 spiro atoms. The highest BCUT2D eigenvalue weighted by atomic mass is 19.1. The van der Waals surface area contributed by atoms with Gasteiger partial charge in [-0.2, -0.15) is 0 Å². The Bertz CT molecular complexity index is 945.